The third kappa shape index (κ3) is 7.99. The summed E-state index contributed by atoms with van der Waals surface area (Å²) in [6.45, 7) is 4.76. The van der Waals surface area contributed by atoms with Gasteiger partial charge in [0.15, 0.2) is 0 Å². The minimum absolute atomic E-state index is 0.0402. The Morgan fingerprint density at radius 3 is 2.37 bits per heavy atom. The smallest absolute Gasteiger partial charge is 0.404 e. The summed E-state index contributed by atoms with van der Waals surface area (Å²) in [6, 6.07) is 0. The zero-order valence-corrected chi connectivity index (χ0v) is 11.3. The van der Waals surface area contributed by atoms with Crippen LogP contribution in [0.2, 0.25) is 0 Å². The molecule has 1 fully saturated rings. The van der Waals surface area contributed by atoms with Crippen LogP contribution < -0.4 is 5.73 Å². The molecule has 0 saturated carbocycles. The number of hydrogen-bond acceptors (Lipinski definition) is 6. The van der Waals surface area contributed by atoms with Crippen LogP contribution in [0.15, 0.2) is 0 Å². The minimum atomic E-state index is -0.690. The minimum Gasteiger partial charge on any atom is -0.446 e. The first-order valence-corrected chi connectivity index (χ1v) is 6.67. The van der Waals surface area contributed by atoms with Crippen LogP contribution in [0, 0.1) is 0 Å². The Morgan fingerprint density at radius 1 is 1.16 bits per heavy atom. The molecule has 3 N–H and O–H groups in total. The Labute approximate surface area is 113 Å². The van der Waals surface area contributed by atoms with Crippen LogP contribution in [0.25, 0.3) is 0 Å². The van der Waals surface area contributed by atoms with Gasteiger partial charge in [0.05, 0.1) is 33.0 Å². The van der Waals surface area contributed by atoms with E-state index in [1.54, 1.807) is 0 Å². The van der Waals surface area contributed by atoms with E-state index in [4.69, 9.17) is 25.1 Å². The predicted molar refractivity (Wildman–Crippen MR) is 68.9 cm³/mol. The van der Waals surface area contributed by atoms with Gasteiger partial charge in [-0.05, 0) is 12.8 Å². The van der Waals surface area contributed by atoms with E-state index in [0.29, 0.717) is 26.4 Å². The normalized spacial score (nSPS) is 17.5. The fraction of sp³-hybridized carbons (Fsp3) is 0.917. The molecular formula is C12H24N2O5. The largest absolute Gasteiger partial charge is 0.446 e. The van der Waals surface area contributed by atoms with Crippen molar-refractivity contribution in [1.29, 1.82) is 0 Å². The van der Waals surface area contributed by atoms with Gasteiger partial charge in [0.25, 0.3) is 0 Å². The Kier molecular flexibility index (Phi) is 8.48. The van der Waals surface area contributed by atoms with E-state index >= 15 is 0 Å². The number of carbonyl (C=O) groups is 1. The van der Waals surface area contributed by atoms with E-state index in [9.17, 15) is 4.79 Å². The summed E-state index contributed by atoms with van der Waals surface area (Å²) < 4.78 is 15.5. The number of amides is 1. The maximum Gasteiger partial charge on any atom is 0.404 e. The molecule has 0 atom stereocenters. The number of ether oxygens (including phenoxy) is 3. The third-order valence-electron chi connectivity index (χ3n) is 2.98. The molecular weight excluding hydrogens is 252 g/mol. The van der Waals surface area contributed by atoms with Gasteiger partial charge in [-0.2, -0.15) is 0 Å². The number of nitrogens with zero attached hydrogens (tertiary/aromatic N) is 1. The fourth-order valence-corrected chi connectivity index (χ4v) is 2.00. The van der Waals surface area contributed by atoms with Crippen LogP contribution >= 0.6 is 0 Å². The molecule has 1 aliphatic rings. The first-order chi connectivity index (χ1) is 9.22. The number of aliphatic hydroxyl groups is 1. The Hall–Kier alpha value is -0.890. The van der Waals surface area contributed by atoms with Gasteiger partial charge in [0, 0.05) is 19.6 Å². The highest BCUT2D eigenvalue weighted by atomic mass is 16.6. The van der Waals surface area contributed by atoms with Gasteiger partial charge in [-0.3, -0.25) is 0 Å². The van der Waals surface area contributed by atoms with Crippen molar-refractivity contribution in [1.82, 2.24) is 4.90 Å². The summed E-state index contributed by atoms with van der Waals surface area (Å²) in [5, 5.41) is 8.50. The summed E-state index contributed by atoms with van der Waals surface area (Å²) >= 11 is 0. The highest BCUT2D eigenvalue weighted by Gasteiger charge is 2.20. The van der Waals surface area contributed by atoms with Crippen molar-refractivity contribution in [3.8, 4) is 0 Å². The predicted octanol–water partition coefficient (Wildman–Crippen LogP) is -0.428. The molecule has 19 heavy (non-hydrogen) atoms. The lowest BCUT2D eigenvalue weighted by Crippen LogP contribution is -2.40. The van der Waals surface area contributed by atoms with E-state index in [1.165, 1.54) is 0 Å². The molecule has 0 unspecified atom stereocenters. The first kappa shape index (κ1) is 16.2. The quantitative estimate of drug-likeness (QED) is 0.555. The second-order valence-electron chi connectivity index (χ2n) is 4.43. The summed E-state index contributed by atoms with van der Waals surface area (Å²) in [7, 11) is 0. The molecule has 0 radical (unpaired) electrons. The highest BCUT2D eigenvalue weighted by molar-refractivity contribution is 5.64. The Bertz CT molecular complexity index is 244. The number of nitrogens with two attached hydrogens (primary N) is 1. The van der Waals surface area contributed by atoms with Gasteiger partial charge in [-0.15, -0.1) is 0 Å². The monoisotopic (exact) mass is 276 g/mol. The first-order valence-electron chi connectivity index (χ1n) is 6.67. The van der Waals surface area contributed by atoms with Crippen molar-refractivity contribution in [2.45, 2.75) is 18.9 Å². The van der Waals surface area contributed by atoms with Crippen molar-refractivity contribution in [3.63, 3.8) is 0 Å². The highest BCUT2D eigenvalue weighted by Crippen LogP contribution is 2.13. The summed E-state index contributed by atoms with van der Waals surface area (Å²) in [5.41, 5.74) is 4.98. The van der Waals surface area contributed by atoms with Gasteiger partial charge in [0.1, 0.15) is 6.10 Å². The van der Waals surface area contributed by atoms with E-state index in [0.717, 1.165) is 32.5 Å². The number of hydrogen-bond donors (Lipinski definition) is 2. The van der Waals surface area contributed by atoms with Crippen LogP contribution in [0.4, 0.5) is 4.79 Å². The summed E-state index contributed by atoms with van der Waals surface area (Å²) in [6.07, 6.45) is 0.914. The molecule has 0 aromatic rings. The lowest BCUT2D eigenvalue weighted by atomic mass is 10.1. The van der Waals surface area contributed by atoms with E-state index in [2.05, 4.69) is 4.90 Å². The fourth-order valence-electron chi connectivity index (χ4n) is 2.00. The van der Waals surface area contributed by atoms with Crippen LogP contribution in [-0.4, -0.2) is 74.9 Å². The average molecular weight is 276 g/mol. The molecule has 0 aromatic heterocycles. The van der Waals surface area contributed by atoms with Gasteiger partial charge >= 0.3 is 6.09 Å². The Balaban J connectivity index is 1.93. The third-order valence-corrected chi connectivity index (χ3v) is 2.98. The number of carbonyl (C=O) groups excluding carboxylic acids is 1. The van der Waals surface area contributed by atoms with Crippen molar-refractivity contribution in [2.24, 2.45) is 5.73 Å². The van der Waals surface area contributed by atoms with E-state index in [-0.39, 0.29) is 12.7 Å². The SMILES string of the molecule is NC(=O)OC1CCN(CCOCCOCCO)CC1. The van der Waals surface area contributed by atoms with Gasteiger partial charge in [-0.1, -0.05) is 0 Å². The molecule has 7 nitrogen and oxygen atoms in total. The number of rotatable bonds is 9. The molecule has 1 rings (SSSR count). The maximum atomic E-state index is 10.6. The molecule has 0 aromatic carbocycles. The second kappa shape index (κ2) is 9.96. The lowest BCUT2D eigenvalue weighted by molar-refractivity contribution is 0.0162. The van der Waals surface area contributed by atoms with Crippen molar-refractivity contribution in [2.75, 3.05) is 52.7 Å². The molecule has 7 heteroatoms. The topological polar surface area (TPSA) is 94.3 Å². The zero-order valence-electron chi connectivity index (χ0n) is 11.3. The van der Waals surface area contributed by atoms with Crippen LogP contribution in [0.3, 0.4) is 0 Å². The average Bonchev–Trinajstić information content (AvgIpc) is 2.39. The Morgan fingerprint density at radius 2 is 1.79 bits per heavy atom. The number of piperidine rings is 1. The number of likely N-dealkylation sites (tertiary alicyclic amines) is 1. The van der Waals surface area contributed by atoms with Gasteiger partial charge < -0.3 is 30.0 Å². The van der Waals surface area contributed by atoms with Gasteiger partial charge in [-0.25, -0.2) is 4.79 Å². The molecule has 1 amide bonds. The van der Waals surface area contributed by atoms with Crippen LogP contribution in [0.1, 0.15) is 12.8 Å². The van der Waals surface area contributed by atoms with Crippen LogP contribution in [0.5, 0.6) is 0 Å². The molecule has 1 saturated heterocycles. The van der Waals surface area contributed by atoms with Crippen molar-refractivity contribution >= 4 is 6.09 Å². The number of primary amides is 1. The lowest BCUT2D eigenvalue weighted by Gasteiger charge is -2.31. The van der Waals surface area contributed by atoms with E-state index < -0.39 is 6.09 Å². The standard InChI is InChI=1S/C12H24N2O5/c13-12(16)19-11-1-3-14(4-2-11)5-7-17-9-10-18-8-6-15/h11,15H,1-10H2,(H2,13,16). The second-order valence-corrected chi connectivity index (χ2v) is 4.43. The molecule has 112 valence electrons. The van der Waals surface area contributed by atoms with Crippen LogP contribution in [-0.2, 0) is 14.2 Å². The molecule has 1 heterocycles. The molecule has 0 bridgehead atoms. The molecule has 0 aliphatic carbocycles. The zero-order chi connectivity index (χ0) is 13.9. The molecule has 1 aliphatic heterocycles. The number of aliphatic hydroxyl groups excluding tert-OH is 1. The maximum absolute atomic E-state index is 10.6. The van der Waals surface area contributed by atoms with Crippen molar-refractivity contribution in [3.05, 3.63) is 0 Å². The molecule has 0 spiro atoms. The summed E-state index contributed by atoms with van der Waals surface area (Å²) in [5.74, 6) is 0. The summed E-state index contributed by atoms with van der Waals surface area (Å²) in [4.78, 5) is 12.9. The van der Waals surface area contributed by atoms with E-state index in [1.807, 2.05) is 0 Å². The van der Waals surface area contributed by atoms with Crippen molar-refractivity contribution < 1.29 is 24.1 Å². The van der Waals surface area contributed by atoms with Gasteiger partial charge in [0.2, 0.25) is 0 Å².